The summed E-state index contributed by atoms with van der Waals surface area (Å²) in [5, 5.41) is 15.1. The highest BCUT2D eigenvalue weighted by Gasteiger charge is 2.17. The Balaban J connectivity index is 1.76. The van der Waals surface area contributed by atoms with Crippen LogP contribution in [0.5, 0.6) is 0 Å². The molecule has 0 saturated carbocycles. The van der Waals surface area contributed by atoms with Crippen LogP contribution in [0, 0.1) is 10.1 Å². The van der Waals surface area contributed by atoms with Crippen molar-refractivity contribution in [3.05, 3.63) is 95.1 Å². The number of non-ortho nitro benzene ring substituents is 1. The van der Waals surface area contributed by atoms with E-state index in [1.807, 2.05) is 24.3 Å². The predicted molar refractivity (Wildman–Crippen MR) is 123 cm³/mol. The molecule has 0 aliphatic heterocycles. The summed E-state index contributed by atoms with van der Waals surface area (Å²) in [7, 11) is 1.51. The molecule has 0 aliphatic carbocycles. The van der Waals surface area contributed by atoms with Gasteiger partial charge in [0.25, 0.3) is 11.2 Å². The minimum Gasteiger partial charge on any atom is -0.298 e. The Morgan fingerprint density at radius 1 is 1.25 bits per heavy atom. The van der Waals surface area contributed by atoms with Gasteiger partial charge in [-0.1, -0.05) is 40.2 Å². The Kier molecular flexibility index (Phi) is 5.69. The molecule has 0 bridgehead atoms. The average Bonchev–Trinajstić information content (AvgIpc) is 3.11. The number of hydrazone groups is 1. The van der Waals surface area contributed by atoms with Crippen LogP contribution >= 0.6 is 15.9 Å². The van der Waals surface area contributed by atoms with Gasteiger partial charge in [-0.15, -0.1) is 0 Å². The highest BCUT2D eigenvalue weighted by molar-refractivity contribution is 9.10. The molecule has 4 aromatic rings. The van der Waals surface area contributed by atoms with Crippen LogP contribution in [0.3, 0.4) is 0 Å². The number of hydrogen-bond acceptors (Lipinski definition) is 7. The van der Waals surface area contributed by atoms with Crippen molar-refractivity contribution in [2.24, 2.45) is 12.1 Å². The van der Waals surface area contributed by atoms with Crippen molar-refractivity contribution < 1.29 is 4.92 Å². The number of nitro benzene ring substituents is 1. The van der Waals surface area contributed by atoms with Gasteiger partial charge in [-0.25, -0.2) is 10.2 Å². The summed E-state index contributed by atoms with van der Waals surface area (Å²) in [6, 6.07) is 13.5. The second-order valence-corrected chi connectivity index (χ2v) is 7.78. The predicted octanol–water partition coefficient (Wildman–Crippen LogP) is 2.59. The Morgan fingerprint density at radius 3 is 2.78 bits per heavy atom. The largest absolute Gasteiger partial charge is 0.329 e. The monoisotopic (exact) mass is 497 g/mol. The van der Waals surface area contributed by atoms with E-state index in [1.54, 1.807) is 16.7 Å². The Bertz CT molecular complexity index is 1490. The molecule has 162 valence electrons. The van der Waals surface area contributed by atoms with E-state index in [9.17, 15) is 19.7 Å². The van der Waals surface area contributed by atoms with Gasteiger partial charge < -0.3 is 0 Å². The van der Waals surface area contributed by atoms with Gasteiger partial charge in [-0.05, 0) is 17.7 Å². The lowest BCUT2D eigenvalue weighted by Crippen LogP contribution is -2.29. The lowest BCUT2D eigenvalue weighted by Gasteiger charge is -2.08. The van der Waals surface area contributed by atoms with Crippen LogP contribution in [0.1, 0.15) is 11.1 Å². The Labute approximate surface area is 188 Å². The fourth-order valence-electron chi connectivity index (χ4n) is 3.17. The van der Waals surface area contributed by atoms with Crippen LogP contribution in [0.25, 0.3) is 11.2 Å². The molecule has 0 fully saturated rings. The van der Waals surface area contributed by atoms with E-state index in [0.717, 1.165) is 10.0 Å². The number of H-pyrrole nitrogens is 1. The number of halogens is 1. The third-order valence-corrected chi connectivity index (χ3v) is 5.19. The molecule has 0 spiro atoms. The molecule has 12 heteroatoms. The maximum atomic E-state index is 12.6. The molecule has 4 rings (SSSR count). The maximum Gasteiger partial charge on any atom is 0.329 e. The highest BCUT2D eigenvalue weighted by atomic mass is 79.9. The number of aryl methyl sites for hydroxylation is 1. The number of anilines is 1. The number of hydrogen-bond donors (Lipinski definition) is 2. The van der Waals surface area contributed by atoms with Crippen LogP contribution in [0.4, 0.5) is 11.6 Å². The Morgan fingerprint density at radius 2 is 2.03 bits per heavy atom. The van der Waals surface area contributed by atoms with E-state index in [0.29, 0.717) is 5.56 Å². The van der Waals surface area contributed by atoms with Crippen molar-refractivity contribution >= 4 is 44.9 Å². The van der Waals surface area contributed by atoms with Gasteiger partial charge in [-0.3, -0.25) is 29.0 Å². The number of fused-ring (bicyclic) bond motifs is 1. The van der Waals surface area contributed by atoms with Crippen molar-refractivity contribution in [1.82, 2.24) is 19.1 Å². The number of aromatic amines is 1. The lowest BCUT2D eigenvalue weighted by molar-refractivity contribution is -0.384. The van der Waals surface area contributed by atoms with Gasteiger partial charge in [-0.2, -0.15) is 10.1 Å². The minimum atomic E-state index is -0.582. The number of imidazole rings is 1. The quantitative estimate of drug-likeness (QED) is 0.238. The normalized spacial score (nSPS) is 11.3. The van der Waals surface area contributed by atoms with E-state index in [-0.39, 0.29) is 29.3 Å². The number of nitrogens with zero attached hydrogens (tertiary/aromatic N) is 5. The molecule has 2 aromatic heterocycles. The third kappa shape index (κ3) is 4.21. The summed E-state index contributed by atoms with van der Waals surface area (Å²) in [6.45, 7) is 0.284. The number of nitro groups is 1. The number of benzene rings is 2. The fourth-order valence-corrected chi connectivity index (χ4v) is 3.62. The number of aromatic nitrogens is 4. The molecule has 32 heavy (non-hydrogen) atoms. The summed E-state index contributed by atoms with van der Waals surface area (Å²) in [6.07, 6.45) is 1.40. The second-order valence-electron chi connectivity index (χ2n) is 6.86. The number of rotatable bonds is 6. The van der Waals surface area contributed by atoms with Crippen LogP contribution < -0.4 is 16.7 Å². The van der Waals surface area contributed by atoms with E-state index >= 15 is 0 Å². The average molecular weight is 498 g/mol. The first kappa shape index (κ1) is 21.2. The molecule has 2 heterocycles. The molecule has 0 unspecified atom stereocenters. The van der Waals surface area contributed by atoms with Gasteiger partial charge >= 0.3 is 5.69 Å². The molecule has 0 radical (unpaired) electrons. The highest BCUT2D eigenvalue weighted by Crippen LogP contribution is 2.20. The van der Waals surface area contributed by atoms with Crippen molar-refractivity contribution in [2.45, 2.75) is 6.54 Å². The first-order valence-corrected chi connectivity index (χ1v) is 10.1. The standard InChI is InChI=1S/C20H16BrN7O4/c1-26-17-16(18(29)24-20(26)30)27(11-13-5-2-6-14(21)8-13)19(23-17)25-22-10-12-4-3-7-15(9-12)28(31)32/h2-10H,11H2,1H3,(H,23,25)(H,24,29,30)/b22-10-. The zero-order valence-corrected chi connectivity index (χ0v) is 18.2. The first-order chi connectivity index (χ1) is 15.3. The van der Waals surface area contributed by atoms with Gasteiger partial charge in [0, 0.05) is 29.2 Å². The zero-order chi connectivity index (χ0) is 22.8. The van der Waals surface area contributed by atoms with E-state index in [4.69, 9.17) is 0 Å². The molecule has 2 N–H and O–H groups in total. The first-order valence-electron chi connectivity index (χ1n) is 9.31. The van der Waals surface area contributed by atoms with Gasteiger partial charge in [0.1, 0.15) is 0 Å². The fraction of sp³-hybridized carbons (Fsp3) is 0.100. The van der Waals surface area contributed by atoms with Gasteiger partial charge in [0.05, 0.1) is 17.7 Å². The van der Waals surface area contributed by atoms with Crippen molar-refractivity contribution in [1.29, 1.82) is 0 Å². The van der Waals surface area contributed by atoms with E-state index in [1.165, 1.54) is 30.0 Å². The zero-order valence-electron chi connectivity index (χ0n) is 16.7. The Hall–Kier alpha value is -4.06. The molecule has 2 aromatic carbocycles. The topological polar surface area (TPSA) is 140 Å². The van der Waals surface area contributed by atoms with Crippen molar-refractivity contribution in [3.8, 4) is 0 Å². The van der Waals surface area contributed by atoms with Gasteiger partial charge in [0.2, 0.25) is 5.95 Å². The third-order valence-electron chi connectivity index (χ3n) is 4.70. The van der Waals surface area contributed by atoms with Gasteiger partial charge in [0.15, 0.2) is 11.2 Å². The second kappa shape index (κ2) is 8.59. The van der Waals surface area contributed by atoms with Crippen molar-refractivity contribution in [2.75, 3.05) is 5.43 Å². The van der Waals surface area contributed by atoms with Crippen LogP contribution in [-0.4, -0.2) is 30.2 Å². The van der Waals surface area contributed by atoms with Crippen molar-refractivity contribution in [3.63, 3.8) is 0 Å². The summed E-state index contributed by atoms with van der Waals surface area (Å²) >= 11 is 3.43. The smallest absolute Gasteiger partial charge is 0.298 e. The molecule has 11 nitrogen and oxygen atoms in total. The summed E-state index contributed by atoms with van der Waals surface area (Å²) < 4.78 is 3.72. The summed E-state index contributed by atoms with van der Waals surface area (Å²) in [5.41, 5.74) is 3.37. The maximum absolute atomic E-state index is 12.6. The SMILES string of the molecule is Cn1c(=O)[nH]c(=O)c2c1nc(N/N=C\c1cccc([N+](=O)[O-])c1)n2Cc1cccc(Br)c1. The van der Waals surface area contributed by atoms with E-state index in [2.05, 4.69) is 36.4 Å². The van der Waals surface area contributed by atoms with Crippen LogP contribution in [0.2, 0.25) is 0 Å². The number of nitrogens with one attached hydrogen (secondary N) is 2. The molecule has 0 amide bonds. The lowest BCUT2D eigenvalue weighted by atomic mass is 10.2. The summed E-state index contributed by atoms with van der Waals surface area (Å²) in [4.78, 5) is 41.7. The molecule has 0 saturated heterocycles. The molecule has 0 aliphatic rings. The molecular weight excluding hydrogens is 482 g/mol. The molecular formula is C20H16BrN7O4. The minimum absolute atomic E-state index is 0.0580. The molecule has 0 atom stereocenters. The van der Waals surface area contributed by atoms with Crippen LogP contribution in [-0.2, 0) is 13.6 Å². The summed E-state index contributed by atoms with van der Waals surface area (Å²) in [5.74, 6) is 0.230. The van der Waals surface area contributed by atoms with E-state index < -0.39 is 16.2 Å². The van der Waals surface area contributed by atoms with Crippen LogP contribution in [0.15, 0.2) is 67.7 Å².